The molecule has 0 fully saturated rings. The molecule has 2 rings (SSSR count). The van der Waals surface area contributed by atoms with Crippen molar-refractivity contribution in [2.75, 3.05) is 18.5 Å². The number of benzene rings is 2. The van der Waals surface area contributed by atoms with E-state index in [0.717, 1.165) is 17.3 Å². The third-order valence-corrected chi connectivity index (χ3v) is 3.14. The summed E-state index contributed by atoms with van der Waals surface area (Å²) in [4.78, 5) is 0. The van der Waals surface area contributed by atoms with Crippen LogP contribution in [-0.2, 0) is 0 Å². The van der Waals surface area contributed by atoms with Crippen LogP contribution >= 0.6 is 11.6 Å². The highest BCUT2D eigenvalue weighted by Gasteiger charge is 1.98. The molecule has 0 aliphatic rings. The smallest absolute Gasteiger partial charge is 0.119 e. The Morgan fingerprint density at radius 1 is 1.05 bits per heavy atom. The molecule has 0 unspecified atom stereocenters. The van der Waals surface area contributed by atoms with Gasteiger partial charge in [-0.05, 0) is 55.3 Å². The van der Waals surface area contributed by atoms with Crippen LogP contribution in [0.5, 0.6) is 5.75 Å². The van der Waals surface area contributed by atoms with E-state index in [4.69, 9.17) is 16.3 Å². The third kappa shape index (κ3) is 4.18. The fourth-order valence-corrected chi connectivity index (χ4v) is 1.94. The molecule has 2 aromatic rings. The highest BCUT2D eigenvalue weighted by atomic mass is 35.5. The fraction of sp³-hybridized carbons (Fsp3) is 0.250. The molecule has 0 spiro atoms. The molecule has 0 saturated heterocycles. The zero-order valence-electron chi connectivity index (χ0n) is 11.2. The third-order valence-electron chi connectivity index (χ3n) is 2.89. The van der Waals surface area contributed by atoms with Gasteiger partial charge in [-0.25, -0.2) is 0 Å². The quantitative estimate of drug-likeness (QED) is 0.814. The second-order valence-corrected chi connectivity index (χ2v) is 4.98. The highest BCUT2D eigenvalue weighted by molar-refractivity contribution is 6.30. The summed E-state index contributed by atoms with van der Waals surface area (Å²) < 4.78 is 5.63. The van der Waals surface area contributed by atoms with E-state index in [0.29, 0.717) is 6.61 Å². The average Bonchev–Trinajstić information content (AvgIpc) is 2.40. The number of rotatable bonds is 5. The first kappa shape index (κ1) is 13.8. The summed E-state index contributed by atoms with van der Waals surface area (Å²) >= 11 is 5.82. The predicted molar refractivity (Wildman–Crippen MR) is 81.4 cm³/mol. The molecule has 2 aromatic carbocycles. The molecule has 0 aliphatic carbocycles. The Labute approximate surface area is 119 Å². The van der Waals surface area contributed by atoms with Gasteiger partial charge in [0.25, 0.3) is 0 Å². The van der Waals surface area contributed by atoms with Crippen LogP contribution in [0.3, 0.4) is 0 Å². The topological polar surface area (TPSA) is 21.3 Å². The summed E-state index contributed by atoms with van der Waals surface area (Å²) in [5.41, 5.74) is 3.67. The van der Waals surface area contributed by atoms with Gasteiger partial charge in [0.05, 0.1) is 0 Å². The van der Waals surface area contributed by atoms with Gasteiger partial charge < -0.3 is 10.1 Å². The van der Waals surface area contributed by atoms with Crippen LogP contribution < -0.4 is 10.1 Å². The fourth-order valence-electron chi connectivity index (χ4n) is 1.81. The Bertz CT molecular complexity index is 537. The molecule has 100 valence electrons. The van der Waals surface area contributed by atoms with E-state index in [1.165, 1.54) is 16.8 Å². The molecular weight excluding hydrogens is 258 g/mol. The molecule has 0 radical (unpaired) electrons. The van der Waals surface area contributed by atoms with Gasteiger partial charge in [-0.3, -0.25) is 0 Å². The Morgan fingerprint density at radius 2 is 1.79 bits per heavy atom. The van der Waals surface area contributed by atoms with Gasteiger partial charge in [-0.15, -0.1) is 0 Å². The Morgan fingerprint density at radius 3 is 2.53 bits per heavy atom. The van der Waals surface area contributed by atoms with Crippen LogP contribution in [0.4, 0.5) is 5.69 Å². The van der Waals surface area contributed by atoms with Crippen LogP contribution in [0, 0.1) is 13.8 Å². The van der Waals surface area contributed by atoms with Gasteiger partial charge in [0.2, 0.25) is 0 Å². The molecule has 1 N–H and O–H groups in total. The van der Waals surface area contributed by atoms with Crippen LogP contribution in [0.25, 0.3) is 0 Å². The van der Waals surface area contributed by atoms with E-state index in [-0.39, 0.29) is 0 Å². The lowest BCUT2D eigenvalue weighted by molar-refractivity contribution is 0.333. The highest BCUT2D eigenvalue weighted by Crippen LogP contribution is 2.17. The van der Waals surface area contributed by atoms with Crippen LogP contribution in [0.2, 0.25) is 5.02 Å². The van der Waals surface area contributed by atoms with Crippen LogP contribution in [0.1, 0.15) is 11.1 Å². The minimum atomic E-state index is 0.620. The van der Waals surface area contributed by atoms with Crippen molar-refractivity contribution >= 4 is 17.3 Å². The normalized spacial score (nSPS) is 10.3. The largest absolute Gasteiger partial charge is 0.492 e. The summed E-state index contributed by atoms with van der Waals surface area (Å²) in [6, 6.07) is 13.8. The Hall–Kier alpha value is -1.67. The number of hydrogen-bond donors (Lipinski definition) is 1. The first-order chi connectivity index (χ1) is 9.15. The summed E-state index contributed by atoms with van der Waals surface area (Å²) in [7, 11) is 0. The van der Waals surface area contributed by atoms with Gasteiger partial charge in [0, 0.05) is 17.3 Å². The van der Waals surface area contributed by atoms with Crippen LogP contribution in [0.15, 0.2) is 42.5 Å². The molecular formula is C16H18ClNO. The van der Waals surface area contributed by atoms with Gasteiger partial charge in [0.1, 0.15) is 12.4 Å². The minimum absolute atomic E-state index is 0.620. The van der Waals surface area contributed by atoms with Crippen molar-refractivity contribution in [2.45, 2.75) is 13.8 Å². The summed E-state index contributed by atoms with van der Waals surface area (Å²) in [5.74, 6) is 0.840. The number of ether oxygens (including phenoxy) is 1. The average molecular weight is 276 g/mol. The molecule has 3 heteroatoms. The van der Waals surface area contributed by atoms with E-state index in [1.54, 1.807) is 0 Å². The van der Waals surface area contributed by atoms with Crippen LogP contribution in [-0.4, -0.2) is 13.2 Å². The summed E-state index contributed by atoms with van der Waals surface area (Å²) in [6.45, 7) is 5.58. The maximum absolute atomic E-state index is 5.82. The van der Waals surface area contributed by atoms with Crippen molar-refractivity contribution in [3.63, 3.8) is 0 Å². The number of nitrogens with one attached hydrogen (secondary N) is 1. The van der Waals surface area contributed by atoms with Crippen molar-refractivity contribution in [3.05, 3.63) is 58.6 Å². The zero-order valence-corrected chi connectivity index (χ0v) is 12.0. The Balaban J connectivity index is 1.80. The van der Waals surface area contributed by atoms with E-state index >= 15 is 0 Å². The minimum Gasteiger partial charge on any atom is -0.492 e. The molecule has 0 atom stereocenters. The van der Waals surface area contributed by atoms with E-state index in [1.807, 2.05) is 24.3 Å². The molecule has 0 aliphatic heterocycles. The lowest BCUT2D eigenvalue weighted by Gasteiger charge is -2.11. The van der Waals surface area contributed by atoms with Gasteiger partial charge in [0.15, 0.2) is 0 Å². The monoisotopic (exact) mass is 275 g/mol. The molecule has 0 heterocycles. The first-order valence-electron chi connectivity index (χ1n) is 6.34. The van der Waals surface area contributed by atoms with Gasteiger partial charge >= 0.3 is 0 Å². The lowest BCUT2D eigenvalue weighted by Crippen LogP contribution is -2.12. The zero-order chi connectivity index (χ0) is 13.7. The molecule has 0 amide bonds. The second-order valence-electron chi connectivity index (χ2n) is 4.55. The maximum Gasteiger partial charge on any atom is 0.119 e. The molecule has 0 bridgehead atoms. The first-order valence-corrected chi connectivity index (χ1v) is 6.72. The second kappa shape index (κ2) is 6.48. The van der Waals surface area contributed by atoms with Gasteiger partial charge in [-0.1, -0.05) is 23.7 Å². The number of halogens is 1. The molecule has 19 heavy (non-hydrogen) atoms. The van der Waals surface area contributed by atoms with Crippen molar-refractivity contribution in [1.82, 2.24) is 0 Å². The van der Waals surface area contributed by atoms with E-state index in [9.17, 15) is 0 Å². The van der Waals surface area contributed by atoms with Crippen molar-refractivity contribution in [2.24, 2.45) is 0 Å². The lowest BCUT2D eigenvalue weighted by atomic mass is 10.1. The summed E-state index contributed by atoms with van der Waals surface area (Å²) in [6.07, 6.45) is 0. The molecule has 0 aromatic heterocycles. The standard InChI is InChI=1S/C16H18ClNO/c1-12-3-4-13(2)16(11-12)18-9-10-19-15-7-5-14(17)6-8-15/h3-8,11,18H,9-10H2,1-2H3. The van der Waals surface area contributed by atoms with Crippen molar-refractivity contribution in [1.29, 1.82) is 0 Å². The summed E-state index contributed by atoms with van der Waals surface area (Å²) in [5, 5.41) is 4.11. The predicted octanol–water partition coefficient (Wildman–Crippen LogP) is 4.45. The Kier molecular flexibility index (Phi) is 4.69. The van der Waals surface area contributed by atoms with Gasteiger partial charge in [-0.2, -0.15) is 0 Å². The van der Waals surface area contributed by atoms with E-state index < -0.39 is 0 Å². The maximum atomic E-state index is 5.82. The number of hydrogen-bond acceptors (Lipinski definition) is 2. The molecule has 0 saturated carbocycles. The molecule has 2 nitrogen and oxygen atoms in total. The number of anilines is 1. The SMILES string of the molecule is Cc1ccc(C)c(NCCOc2ccc(Cl)cc2)c1. The van der Waals surface area contributed by atoms with Crippen molar-refractivity contribution in [3.8, 4) is 5.75 Å². The van der Waals surface area contributed by atoms with Crippen molar-refractivity contribution < 1.29 is 4.74 Å². The number of aryl methyl sites for hydroxylation is 2. The van der Waals surface area contributed by atoms with E-state index in [2.05, 4.69) is 37.4 Å².